The first-order valence-electron chi connectivity index (χ1n) is 6.74. The summed E-state index contributed by atoms with van der Waals surface area (Å²) in [6.45, 7) is 3.70. The first kappa shape index (κ1) is 17.5. The summed E-state index contributed by atoms with van der Waals surface area (Å²) in [6, 6.07) is 4.97. The predicted octanol–water partition coefficient (Wildman–Crippen LogP) is 1.02. The summed E-state index contributed by atoms with van der Waals surface area (Å²) in [5.41, 5.74) is 1.59. The maximum absolute atomic E-state index is 10.8. The summed E-state index contributed by atoms with van der Waals surface area (Å²) in [4.78, 5) is 10.5. The minimum Gasteiger partial charge on any atom is -0.389 e. The van der Waals surface area contributed by atoms with Crippen molar-refractivity contribution in [1.82, 2.24) is 5.32 Å². The number of aliphatic hydroxyl groups excluding tert-OH is 1. The van der Waals surface area contributed by atoms with Crippen LogP contribution in [0, 0.1) is 17.0 Å². The van der Waals surface area contributed by atoms with E-state index in [4.69, 9.17) is 9.47 Å². The highest BCUT2D eigenvalue weighted by molar-refractivity contribution is 5.44. The lowest BCUT2D eigenvalue weighted by Crippen LogP contribution is -2.30. The Bertz CT molecular complexity index is 453. The molecule has 0 radical (unpaired) electrons. The van der Waals surface area contributed by atoms with Gasteiger partial charge >= 0.3 is 0 Å². The average molecular weight is 298 g/mol. The highest BCUT2D eigenvalue weighted by Crippen LogP contribution is 2.20. The highest BCUT2D eigenvalue weighted by Gasteiger charge is 2.13. The van der Waals surface area contributed by atoms with Crippen LogP contribution in [0.3, 0.4) is 0 Å². The zero-order valence-corrected chi connectivity index (χ0v) is 12.4. The number of hydrogen-bond donors (Lipinski definition) is 2. The molecule has 2 N–H and O–H groups in total. The molecule has 21 heavy (non-hydrogen) atoms. The van der Waals surface area contributed by atoms with Crippen molar-refractivity contribution in [3.05, 3.63) is 39.4 Å². The van der Waals surface area contributed by atoms with Gasteiger partial charge < -0.3 is 19.9 Å². The Morgan fingerprint density at radius 1 is 1.43 bits per heavy atom. The summed E-state index contributed by atoms with van der Waals surface area (Å²) in [7, 11) is 1.59. The van der Waals surface area contributed by atoms with Crippen LogP contribution in [0.4, 0.5) is 5.69 Å². The number of aliphatic hydroxyl groups is 1. The molecule has 1 atom stereocenters. The molecule has 0 saturated heterocycles. The molecule has 0 aliphatic carbocycles. The molecule has 7 heteroatoms. The van der Waals surface area contributed by atoms with Crippen molar-refractivity contribution in [2.75, 3.05) is 33.5 Å². The minimum atomic E-state index is -0.624. The number of nitrogens with zero attached hydrogens (tertiary/aromatic N) is 1. The van der Waals surface area contributed by atoms with Crippen molar-refractivity contribution in [2.45, 2.75) is 19.6 Å². The molecule has 0 saturated carbocycles. The Balaban J connectivity index is 2.35. The molecule has 0 aromatic heterocycles. The molecule has 0 aliphatic rings. The van der Waals surface area contributed by atoms with Crippen molar-refractivity contribution < 1.29 is 19.5 Å². The van der Waals surface area contributed by atoms with Gasteiger partial charge in [-0.15, -0.1) is 0 Å². The molecule has 7 nitrogen and oxygen atoms in total. The smallest absolute Gasteiger partial charge is 0.272 e. The first-order valence-corrected chi connectivity index (χ1v) is 6.74. The molecule has 0 bridgehead atoms. The van der Waals surface area contributed by atoms with Crippen LogP contribution in [0.2, 0.25) is 0 Å². The lowest BCUT2D eigenvalue weighted by atomic mass is 10.1. The van der Waals surface area contributed by atoms with Gasteiger partial charge in [0.15, 0.2) is 0 Å². The SMILES string of the molecule is COCCOCC(O)CNCc1cccc([N+](=O)[O-])c1C. The van der Waals surface area contributed by atoms with E-state index in [0.717, 1.165) is 5.56 Å². The third kappa shape index (κ3) is 6.17. The minimum absolute atomic E-state index is 0.109. The van der Waals surface area contributed by atoms with E-state index in [1.807, 2.05) is 6.07 Å². The van der Waals surface area contributed by atoms with Crippen molar-refractivity contribution in [3.63, 3.8) is 0 Å². The fourth-order valence-corrected chi connectivity index (χ4v) is 1.85. The van der Waals surface area contributed by atoms with Crippen molar-refractivity contribution in [1.29, 1.82) is 0 Å². The fourth-order valence-electron chi connectivity index (χ4n) is 1.85. The molecule has 0 amide bonds. The maximum atomic E-state index is 10.8. The molecule has 0 aliphatic heterocycles. The van der Waals surface area contributed by atoms with Crippen LogP contribution in [0.1, 0.15) is 11.1 Å². The molecule has 0 heterocycles. The van der Waals surface area contributed by atoms with Crippen LogP contribution in [0.25, 0.3) is 0 Å². The largest absolute Gasteiger partial charge is 0.389 e. The standard InChI is InChI=1S/C14H22N2O5/c1-11-12(4-3-5-14(11)16(18)19)8-15-9-13(17)10-21-7-6-20-2/h3-5,13,15,17H,6-10H2,1-2H3. The first-order chi connectivity index (χ1) is 10.1. The van der Waals surface area contributed by atoms with Gasteiger partial charge in [0.25, 0.3) is 5.69 Å². The second-order valence-electron chi connectivity index (χ2n) is 4.67. The summed E-state index contributed by atoms with van der Waals surface area (Å²) in [5, 5.41) is 23.6. The molecule has 1 unspecified atom stereocenters. The monoisotopic (exact) mass is 298 g/mol. The van der Waals surface area contributed by atoms with E-state index in [1.54, 1.807) is 20.1 Å². The zero-order valence-electron chi connectivity index (χ0n) is 12.4. The molecule has 1 aromatic carbocycles. The van der Waals surface area contributed by atoms with Crippen LogP contribution < -0.4 is 5.32 Å². The van der Waals surface area contributed by atoms with E-state index >= 15 is 0 Å². The molecule has 1 rings (SSSR count). The number of benzene rings is 1. The van der Waals surface area contributed by atoms with Crippen LogP contribution in [0.15, 0.2) is 18.2 Å². The summed E-state index contributed by atoms with van der Waals surface area (Å²) in [5.74, 6) is 0. The Labute approximate surface area is 124 Å². The maximum Gasteiger partial charge on any atom is 0.272 e. The molecule has 0 fully saturated rings. The molecular formula is C14H22N2O5. The third-order valence-corrected chi connectivity index (χ3v) is 3.05. The van der Waals surface area contributed by atoms with Gasteiger partial charge in [0.05, 0.1) is 30.8 Å². The van der Waals surface area contributed by atoms with Gasteiger partial charge in [0.1, 0.15) is 0 Å². The van der Waals surface area contributed by atoms with Crippen LogP contribution in [-0.4, -0.2) is 49.6 Å². The van der Waals surface area contributed by atoms with Crippen molar-refractivity contribution in [2.24, 2.45) is 0 Å². The van der Waals surface area contributed by atoms with Gasteiger partial charge in [-0.3, -0.25) is 10.1 Å². The lowest BCUT2D eigenvalue weighted by Gasteiger charge is -2.13. The van der Waals surface area contributed by atoms with E-state index in [-0.39, 0.29) is 12.3 Å². The van der Waals surface area contributed by atoms with E-state index in [0.29, 0.717) is 31.9 Å². The Morgan fingerprint density at radius 2 is 2.19 bits per heavy atom. The van der Waals surface area contributed by atoms with Gasteiger partial charge in [-0.05, 0) is 12.5 Å². The lowest BCUT2D eigenvalue weighted by molar-refractivity contribution is -0.385. The van der Waals surface area contributed by atoms with Crippen LogP contribution >= 0.6 is 0 Å². The summed E-state index contributed by atoms with van der Waals surface area (Å²) >= 11 is 0. The Kier molecular flexibility index (Phi) is 7.84. The van der Waals surface area contributed by atoms with Crippen molar-refractivity contribution in [3.8, 4) is 0 Å². The van der Waals surface area contributed by atoms with Crippen LogP contribution in [0.5, 0.6) is 0 Å². The van der Waals surface area contributed by atoms with E-state index in [1.165, 1.54) is 6.07 Å². The zero-order chi connectivity index (χ0) is 15.7. The van der Waals surface area contributed by atoms with E-state index in [2.05, 4.69) is 5.32 Å². The van der Waals surface area contributed by atoms with Gasteiger partial charge in [0, 0.05) is 31.8 Å². The van der Waals surface area contributed by atoms with Crippen molar-refractivity contribution >= 4 is 5.69 Å². The number of ether oxygens (including phenoxy) is 2. The normalized spacial score (nSPS) is 12.3. The summed E-state index contributed by atoms with van der Waals surface area (Å²) < 4.78 is 10.0. The second kappa shape index (κ2) is 9.41. The molecule has 0 spiro atoms. The second-order valence-corrected chi connectivity index (χ2v) is 4.67. The molecule has 1 aromatic rings. The third-order valence-electron chi connectivity index (χ3n) is 3.05. The number of nitrogens with one attached hydrogen (secondary N) is 1. The topological polar surface area (TPSA) is 93.9 Å². The Hall–Kier alpha value is -1.54. The Morgan fingerprint density at radius 3 is 2.86 bits per heavy atom. The van der Waals surface area contributed by atoms with Gasteiger partial charge in [-0.25, -0.2) is 0 Å². The van der Waals surface area contributed by atoms with Gasteiger partial charge in [0.2, 0.25) is 0 Å². The van der Waals surface area contributed by atoms with E-state index < -0.39 is 11.0 Å². The fraction of sp³-hybridized carbons (Fsp3) is 0.571. The highest BCUT2D eigenvalue weighted by atomic mass is 16.6. The number of nitro benzene ring substituents is 1. The average Bonchev–Trinajstić information content (AvgIpc) is 2.45. The quantitative estimate of drug-likeness (QED) is 0.380. The predicted molar refractivity (Wildman–Crippen MR) is 78.2 cm³/mol. The van der Waals surface area contributed by atoms with E-state index in [9.17, 15) is 15.2 Å². The van der Waals surface area contributed by atoms with Crippen LogP contribution in [-0.2, 0) is 16.0 Å². The number of nitro groups is 1. The number of rotatable bonds is 10. The molecular weight excluding hydrogens is 276 g/mol. The number of hydrogen-bond acceptors (Lipinski definition) is 6. The number of methoxy groups -OCH3 is 1. The van der Waals surface area contributed by atoms with Gasteiger partial charge in [-0.1, -0.05) is 12.1 Å². The molecule has 118 valence electrons. The summed E-state index contributed by atoms with van der Waals surface area (Å²) in [6.07, 6.45) is -0.624. The van der Waals surface area contributed by atoms with Gasteiger partial charge in [-0.2, -0.15) is 0 Å².